The summed E-state index contributed by atoms with van der Waals surface area (Å²) in [5.41, 5.74) is 1.21. The average molecular weight is 283 g/mol. The lowest BCUT2D eigenvalue weighted by Gasteiger charge is -2.35. The summed E-state index contributed by atoms with van der Waals surface area (Å²) in [4.78, 5) is 9.45. The number of aryl methyl sites for hydroxylation is 1. The van der Waals surface area contributed by atoms with Crippen LogP contribution in [0.5, 0.6) is 0 Å². The van der Waals surface area contributed by atoms with Crippen molar-refractivity contribution in [2.75, 3.05) is 32.7 Å². The third-order valence-electron chi connectivity index (χ3n) is 3.69. The van der Waals surface area contributed by atoms with Crippen LogP contribution in [0.3, 0.4) is 0 Å². The first kappa shape index (κ1) is 14.9. The summed E-state index contributed by atoms with van der Waals surface area (Å²) < 4.78 is 0. The minimum absolute atomic E-state index is 0.169. The third-order valence-corrected chi connectivity index (χ3v) is 4.73. The Morgan fingerprint density at radius 2 is 1.95 bits per heavy atom. The van der Waals surface area contributed by atoms with E-state index in [1.165, 1.54) is 10.7 Å². The maximum atomic E-state index is 9.68. The molecule has 1 atom stereocenters. The van der Waals surface area contributed by atoms with Crippen LogP contribution in [-0.4, -0.2) is 58.7 Å². The molecule has 1 aromatic rings. The topological polar surface area (TPSA) is 39.6 Å². The number of hydrogen-bond donors (Lipinski definition) is 1. The number of aromatic nitrogens is 1. The van der Waals surface area contributed by atoms with Crippen molar-refractivity contribution in [2.45, 2.75) is 39.3 Å². The highest BCUT2D eigenvalue weighted by Crippen LogP contribution is 2.13. The smallest absolute Gasteiger partial charge is 0.0926 e. The number of aliphatic hydroxyl groups is 1. The van der Waals surface area contributed by atoms with E-state index in [9.17, 15) is 5.11 Å². The van der Waals surface area contributed by atoms with Gasteiger partial charge in [0.25, 0.3) is 0 Å². The van der Waals surface area contributed by atoms with Gasteiger partial charge in [-0.1, -0.05) is 13.8 Å². The molecule has 2 rings (SSSR count). The molecule has 0 aliphatic carbocycles. The fourth-order valence-corrected chi connectivity index (χ4v) is 3.11. The maximum absolute atomic E-state index is 9.68. The van der Waals surface area contributed by atoms with E-state index in [0.29, 0.717) is 0 Å². The van der Waals surface area contributed by atoms with Crippen molar-refractivity contribution in [2.24, 2.45) is 0 Å². The number of aliphatic hydroxyl groups excluding tert-OH is 1. The van der Waals surface area contributed by atoms with E-state index >= 15 is 0 Å². The Balaban J connectivity index is 1.74. The first-order chi connectivity index (χ1) is 9.21. The number of piperazine rings is 1. The van der Waals surface area contributed by atoms with Gasteiger partial charge in [-0.05, 0) is 12.8 Å². The minimum Gasteiger partial charge on any atom is -0.392 e. The highest BCUT2D eigenvalue weighted by molar-refractivity contribution is 7.09. The van der Waals surface area contributed by atoms with Crippen molar-refractivity contribution in [3.63, 3.8) is 0 Å². The van der Waals surface area contributed by atoms with E-state index in [-0.39, 0.29) is 6.10 Å². The van der Waals surface area contributed by atoms with Crippen LogP contribution in [0.4, 0.5) is 0 Å². The van der Waals surface area contributed by atoms with Crippen LogP contribution < -0.4 is 0 Å². The lowest BCUT2D eigenvalue weighted by atomic mass is 10.2. The van der Waals surface area contributed by atoms with Crippen molar-refractivity contribution in [1.82, 2.24) is 14.8 Å². The Morgan fingerprint density at radius 1 is 1.26 bits per heavy atom. The van der Waals surface area contributed by atoms with E-state index in [2.05, 4.69) is 27.1 Å². The zero-order valence-corrected chi connectivity index (χ0v) is 12.8. The predicted octanol–water partition coefficient (Wildman–Crippen LogP) is 1.59. The molecular weight excluding hydrogens is 258 g/mol. The molecule has 19 heavy (non-hydrogen) atoms. The largest absolute Gasteiger partial charge is 0.392 e. The molecule has 0 radical (unpaired) electrons. The molecular formula is C14H25N3OS. The molecule has 0 saturated carbocycles. The molecule has 2 heterocycles. The second-order valence-corrected chi connectivity index (χ2v) is 6.17. The van der Waals surface area contributed by atoms with Gasteiger partial charge in [0, 0.05) is 44.6 Å². The lowest BCUT2D eigenvalue weighted by Crippen LogP contribution is -2.48. The van der Waals surface area contributed by atoms with Crippen LogP contribution in [-0.2, 0) is 13.0 Å². The average Bonchev–Trinajstić information content (AvgIpc) is 2.88. The number of thiazole rings is 1. The van der Waals surface area contributed by atoms with Gasteiger partial charge in [-0.2, -0.15) is 0 Å². The molecule has 108 valence electrons. The Kier molecular flexibility index (Phi) is 5.76. The van der Waals surface area contributed by atoms with Gasteiger partial charge in [0.15, 0.2) is 0 Å². The van der Waals surface area contributed by atoms with Crippen LogP contribution >= 0.6 is 11.3 Å². The zero-order chi connectivity index (χ0) is 13.7. The summed E-state index contributed by atoms with van der Waals surface area (Å²) in [6.07, 6.45) is 1.71. The molecule has 1 saturated heterocycles. The van der Waals surface area contributed by atoms with Crippen LogP contribution in [0.15, 0.2) is 5.38 Å². The fraction of sp³-hybridized carbons (Fsp3) is 0.786. The minimum atomic E-state index is -0.169. The van der Waals surface area contributed by atoms with Crippen molar-refractivity contribution >= 4 is 11.3 Å². The highest BCUT2D eigenvalue weighted by Gasteiger charge is 2.19. The van der Waals surface area contributed by atoms with Gasteiger partial charge >= 0.3 is 0 Å². The molecule has 1 fully saturated rings. The van der Waals surface area contributed by atoms with E-state index < -0.39 is 0 Å². The molecule has 0 bridgehead atoms. The highest BCUT2D eigenvalue weighted by atomic mass is 32.1. The van der Waals surface area contributed by atoms with Gasteiger partial charge in [-0.25, -0.2) is 4.98 Å². The molecule has 1 unspecified atom stereocenters. The fourth-order valence-electron chi connectivity index (χ4n) is 2.37. The molecule has 0 spiro atoms. The Hall–Kier alpha value is -0.490. The second-order valence-electron chi connectivity index (χ2n) is 5.22. The van der Waals surface area contributed by atoms with Gasteiger partial charge < -0.3 is 5.11 Å². The third kappa shape index (κ3) is 4.53. The Bertz CT molecular complexity index is 375. The Labute approximate surface area is 120 Å². The van der Waals surface area contributed by atoms with Crippen LogP contribution in [0, 0.1) is 0 Å². The van der Waals surface area contributed by atoms with Crippen LogP contribution in [0.25, 0.3) is 0 Å². The molecule has 5 heteroatoms. The zero-order valence-electron chi connectivity index (χ0n) is 12.0. The van der Waals surface area contributed by atoms with E-state index in [1.54, 1.807) is 11.3 Å². The first-order valence-corrected chi connectivity index (χ1v) is 8.15. The van der Waals surface area contributed by atoms with Crippen molar-refractivity contribution < 1.29 is 5.11 Å². The molecule has 1 aliphatic heterocycles. The molecule has 0 aromatic carbocycles. The monoisotopic (exact) mass is 283 g/mol. The first-order valence-electron chi connectivity index (χ1n) is 7.27. The molecule has 1 aliphatic rings. The van der Waals surface area contributed by atoms with Gasteiger partial charge in [-0.3, -0.25) is 9.80 Å². The molecule has 1 N–H and O–H groups in total. The normalized spacial score (nSPS) is 19.7. The van der Waals surface area contributed by atoms with Gasteiger partial charge in [0.05, 0.1) is 16.8 Å². The van der Waals surface area contributed by atoms with Crippen molar-refractivity contribution in [1.29, 1.82) is 0 Å². The summed E-state index contributed by atoms with van der Waals surface area (Å²) >= 11 is 1.77. The van der Waals surface area contributed by atoms with Gasteiger partial charge in [0.2, 0.25) is 0 Å². The predicted molar refractivity (Wildman–Crippen MR) is 79.5 cm³/mol. The van der Waals surface area contributed by atoms with Crippen LogP contribution in [0.1, 0.15) is 31.0 Å². The summed E-state index contributed by atoms with van der Waals surface area (Å²) in [7, 11) is 0. The van der Waals surface area contributed by atoms with E-state index in [0.717, 1.165) is 52.1 Å². The molecule has 0 amide bonds. The van der Waals surface area contributed by atoms with Gasteiger partial charge in [0.1, 0.15) is 0 Å². The van der Waals surface area contributed by atoms with E-state index in [1.807, 2.05) is 6.92 Å². The molecule has 4 nitrogen and oxygen atoms in total. The number of nitrogens with zero attached hydrogens (tertiary/aromatic N) is 3. The second kappa shape index (κ2) is 7.33. The summed E-state index contributed by atoms with van der Waals surface area (Å²) in [5, 5.41) is 13.1. The summed E-state index contributed by atoms with van der Waals surface area (Å²) in [6, 6.07) is 0. The standard InChI is InChI=1S/C14H25N3OS/c1-3-13(18)10-17-7-5-16(6-8-17)9-12-11-19-14(4-2)15-12/h11,13,18H,3-10H2,1-2H3. The quantitative estimate of drug-likeness (QED) is 0.861. The van der Waals surface area contributed by atoms with E-state index in [4.69, 9.17) is 0 Å². The van der Waals surface area contributed by atoms with Crippen molar-refractivity contribution in [3.05, 3.63) is 16.1 Å². The maximum Gasteiger partial charge on any atom is 0.0926 e. The lowest BCUT2D eigenvalue weighted by molar-refractivity contribution is 0.0683. The van der Waals surface area contributed by atoms with Crippen molar-refractivity contribution in [3.8, 4) is 0 Å². The summed E-state index contributed by atoms with van der Waals surface area (Å²) in [6.45, 7) is 10.3. The molecule has 1 aromatic heterocycles. The summed E-state index contributed by atoms with van der Waals surface area (Å²) in [5.74, 6) is 0. The number of β-amino-alcohol motifs (C(OH)–C–C–N with tert-alkyl or cyclic N) is 1. The van der Waals surface area contributed by atoms with Gasteiger partial charge in [-0.15, -0.1) is 11.3 Å². The van der Waals surface area contributed by atoms with Crippen LogP contribution in [0.2, 0.25) is 0 Å². The SMILES string of the molecule is CCc1nc(CN2CCN(CC(O)CC)CC2)cs1. The number of hydrogen-bond acceptors (Lipinski definition) is 5. The number of rotatable bonds is 6. The Morgan fingerprint density at radius 3 is 2.53 bits per heavy atom.